The number of hydrogen-bond donors (Lipinski definition) is 2. The summed E-state index contributed by atoms with van der Waals surface area (Å²) in [6.45, 7) is 9.31. The first-order valence-electron chi connectivity index (χ1n) is 11.5. The zero-order chi connectivity index (χ0) is 22.3. The van der Waals surface area contributed by atoms with Gasteiger partial charge in [0, 0.05) is 48.3 Å². The highest BCUT2D eigenvalue weighted by atomic mass is 16.2. The minimum absolute atomic E-state index is 0.00975. The molecule has 2 N–H and O–H groups in total. The number of carbonyl (C=O) groups excluding carboxylic acids is 2. The molecule has 2 atom stereocenters. The second kappa shape index (κ2) is 8.30. The Morgan fingerprint density at radius 3 is 2.45 bits per heavy atom. The van der Waals surface area contributed by atoms with Crippen LogP contribution in [0.2, 0.25) is 0 Å². The van der Waals surface area contributed by atoms with Crippen molar-refractivity contribution < 1.29 is 9.59 Å². The van der Waals surface area contributed by atoms with Crippen LogP contribution in [0.25, 0.3) is 10.9 Å². The first-order valence-corrected chi connectivity index (χ1v) is 11.5. The Kier molecular flexibility index (Phi) is 5.86. The van der Waals surface area contributed by atoms with E-state index in [2.05, 4.69) is 40.7 Å². The number of piperidine rings is 1. The quantitative estimate of drug-likeness (QED) is 0.773. The van der Waals surface area contributed by atoms with Crippen LogP contribution in [0.3, 0.4) is 0 Å². The molecule has 2 saturated heterocycles. The van der Waals surface area contributed by atoms with Gasteiger partial charge in [-0.1, -0.05) is 11.6 Å². The van der Waals surface area contributed by atoms with Crippen LogP contribution < -0.4 is 10.6 Å². The van der Waals surface area contributed by atoms with Gasteiger partial charge in [-0.3, -0.25) is 14.5 Å². The Morgan fingerprint density at radius 1 is 1.13 bits per heavy atom. The molecule has 4 rings (SSSR count). The number of aromatic nitrogens is 1. The summed E-state index contributed by atoms with van der Waals surface area (Å²) in [5, 5.41) is 7.30. The summed E-state index contributed by atoms with van der Waals surface area (Å²) in [6, 6.07) is 7.14. The molecular formula is C25H36N4O2. The highest BCUT2D eigenvalue weighted by molar-refractivity contribution is 6.07. The third-order valence-electron chi connectivity index (χ3n) is 6.76. The second-order valence-electron chi connectivity index (χ2n) is 10.6. The van der Waals surface area contributed by atoms with Crippen molar-refractivity contribution in [2.45, 2.75) is 71.0 Å². The smallest absolute Gasteiger partial charge is 0.253 e. The number of nitrogens with one attached hydrogen (secondary N) is 2. The number of amides is 2. The minimum Gasteiger partial charge on any atom is -0.352 e. The third kappa shape index (κ3) is 4.79. The zero-order valence-corrected chi connectivity index (χ0v) is 19.5. The van der Waals surface area contributed by atoms with Gasteiger partial charge < -0.3 is 15.2 Å². The molecule has 2 aliphatic heterocycles. The van der Waals surface area contributed by atoms with Crippen molar-refractivity contribution in [2.75, 3.05) is 13.1 Å². The van der Waals surface area contributed by atoms with Crippen LogP contribution in [-0.2, 0) is 11.8 Å². The maximum atomic E-state index is 13.0. The lowest BCUT2D eigenvalue weighted by Gasteiger charge is -2.39. The standard InChI is InChI=1S/C25H36N4O2/c1-16-6-9-22-20(10-16)21(14-28(22)5)24(31)26-13-17-11-18-7-8-19(12-17)29(18)15-23(30)27-25(2,3)4/h6,9-10,14,17-19H,7-8,11-13,15H2,1-5H3,(H,26,31)(H,27,30). The zero-order valence-electron chi connectivity index (χ0n) is 19.5. The topological polar surface area (TPSA) is 66.4 Å². The van der Waals surface area contributed by atoms with Gasteiger partial charge in [-0.2, -0.15) is 0 Å². The van der Waals surface area contributed by atoms with Gasteiger partial charge in [0.05, 0.1) is 12.1 Å². The van der Waals surface area contributed by atoms with Crippen molar-refractivity contribution in [1.82, 2.24) is 20.1 Å². The van der Waals surface area contributed by atoms with E-state index in [1.807, 2.05) is 38.6 Å². The van der Waals surface area contributed by atoms with Gasteiger partial charge in [-0.25, -0.2) is 0 Å². The minimum atomic E-state index is -0.196. The van der Waals surface area contributed by atoms with Crippen molar-refractivity contribution in [3.63, 3.8) is 0 Å². The summed E-state index contributed by atoms with van der Waals surface area (Å²) >= 11 is 0. The van der Waals surface area contributed by atoms with Crippen LogP contribution >= 0.6 is 0 Å². The Hall–Kier alpha value is -2.34. The van der Waals surface area contributed by atoms with E-state index in [-0.39, 0.29) is 17.4 Å². The van der Waals surface area contributed by atoms with Crippen LogP contribution in [0.1, 0.15) is 62.4 Å². The van der Waals surface area contributed by atoms with Gasteiger partial charge in [0.1, 0.15) is 0 Å². The summed E-state index contributed by atoms with van der Waals surface area (Å²) in [5.41, 5.74) is 2.79. The van der Waals surface area contributed by atoms with E-state index in [0.29, 0.717) is 31.1 Å². The van der Waals surface area contributed by atoms with Crippen LogP contribution in [0.5, 0.6) is 0 Å². The molecular weight excluding hydrogens is 388 g/mol. The summed E-state index contributed by atoms with van der Waals surface area (Å²) in [7, 11) is 1.98. The van der Waals surface area contributed by atoms with Crippen molar-refractivity contribution in [3.05, 3.63) is 35.5 Å². The summed E-state index contributed by atoms with van der Waals surface area (Å²) in [5.74, 6) is 0.595. The molecule has 2 fully saturated rings. The van der Waals surface area contributed by atoms with Crippen molar-refractivity contribution in [1.29, 1.82) is 0 Å². The third-order valence-corrected chi connectivity index (χ3v) is 6.76. The lowest BCUT2D eigenvalue weighted by atomic mass is 9.90. The molecule has 6 nitrogen and oxygen atoms in total. The molecule has 2 unspecified atom stereocenters. The predicted octanol–water partition coefficient (Wildman–Crippen LogP) is 3.37. The molecule has 2 aromatic rings. The number of carbonyl (C=O) groups is 2. The predicted molar refractivity (Wildman–Crippen MR) is 124 cm³/mol. The number of benzene rings is 1. The molecule has 3 heterocycles. The molecule has 2 amide bonds. The SMILES string of the molecule is Cc1ccc2c(c1)c(C(=O)NCC1CC3CCC(C1)N3CC(=O)NC(C)(C)C)cn2C. The van der Waals surface area contributed by atoms with Gasteiger partial charge in [-0.05, 0) is 71.4 Å². The van der Waals surface area contributed by atoms with Gasteiger partial charge in [0.2, 0.25) is 5.91 Å². The number of rotatable bonds is 5. The molecule has 1 aromatic heterocycles. The number of aryl methyl sites for hydroxylation is 2. The average molecular weight is 425 g/mol. The average Bonchev–Trinajstić information content (AvgIpc) is 3.10. The maximum Gasteiger partial charge on any atom is 0.253 e. The first kappa shape index (κ1) is 21.9. The van der Waals surface area contributed by atoms with Gasteiger partial charge in [-0.15, -0.1) is 0 Å². The van der Waals surface area contributed by atoms with Crippen molar-refractivity contribution >= 4 is 22.7 Å². The number of nitrogens with zero attached hydrogens (tertiary/aromatic N) is 2. The number of fused-ring (bicyclic) bond motifs is 3. The molecule has 6 heteroatoms. The van der Waals surface area contributed by atoms with E-state index in [0.717, 1.165) is 47.7 Å². The van der Waals surface area contributed by atoms with Crippen LogP contribution in [0, 0.1) is 12.8 Å². The Morgan fingerprint density at radius 2 is 1.81 bits per heavy atom. The molecule has 31 heavy (non-hydrogen) atoms. The van der Waals surface area contributed by atoms with E-state index in [1.54, 1.807) is 0 Å². The Bertz CT molecular complexity index is 973. The van der Waals surface area contributed by atoms with Gasteiger partial charge in [0.25, 0.3) is 5.91 Å². The molecule has 0 radical (unpaired) electrons. The highest BCUT2D eigenvalue weighted by Gasteiger charge is 2.41. The molecule has 1 aromatic carbocycles. The van der Waals surface area contributed by atoms with E-state index >= 15 is 0 Å². The summed E-state index contributed by atoms with van der Waals surface area (Å²) in [4.78, 5) is 27.8. The largest absolute Gasteiger partial charge is 0.352 e. The molecule has 2 aliphatic rings. The van der Waals surface area contributed by atoms with E-state index in [4.69, 9.17) is 0 Å². The monoisotopic (exact) mass is 424 g/mol. The molecule has 168 valence electrons. The molecule has 2 bridgehead atoms. The van der Waals surface area contributed by atoms with Crippen LogP contribution in [0.4, 0.5) is 0 Å². The fourth-order valence-corrected chi connectivity index (χ4v) is 5.45. The molecule has 0 aliphatic carbocycles. The molecule has 0 spiro atoms. The fraction of sp³-hybridized carbons (Fsp3) is 0.600. The normalized spacial score (nSPS) is 23.8. The van der Waals surface area contributed by atoms with E-state index in [9.17, 15) is 9.59 Å². The lowest BCUT2D eigenvalue weighted by Crippen LogP contribution is -2.52. The fourth-order valence-electron chi connectivity index (χ4n) is 5.45. The number of hydrogen-bond acceptors (Lipinski definition) is 3. The van der Waals surface area contributed by atoms with Gasteiger partial charge >= 0.3 is 0 Å². The highest BCUT2D eigenvalue weighted by Crippen LogP contribution is 2.38. The van der Waals surface area contributed by atoms with Crippen LogP contribution in [0.15, 0.2) is 24.4 Å². The maximum absolute atomic E-state index is 13.0. The lowest BCUT2D eigenvalue weighted by molar-refractivity contribution is -0.125. The first-order chi connectivity index (χ1) is 14.6. The second-order valence-corrected chi connectivity index (χ2v) is 10.6. The van der Waals surface area contributed by atoms with Gasteiger partial charge in [0.15, 0.2) is 0 Å². The molecule has 0 saturated carbocycles. The van der Waals surface area contributed by atoms with Crippen molar-refractivity contribution in [2.24, 2.45) is 13.0 Å². The van der Waals surface area contributed by atoms with E-state index in [1.165, 1.54) is 0 Å². The van der Waals surface area contributed by atoms with Crippen LogP contribution in [-0.4, -0.2) is 52.0 Å². The Labute approximate surface area is 185 Å². The summed E-state index contributed by atoms with van der Waals surface area (Å²) in [6.07, 6.45) is 6.34. The Balaban J connectivity index is 1.35. The summed E-state index contributed by atoms with van der Waals surface area (Å²) < 4.78 is 2.02. The van der Waals surface area contributed by atoms with E-state index < -0.39 is 0 Å². The van der Waals surface area contributed by atoms with Crippen molar-refractivity contribution in [3.8, 4) is 0 Å².